The Kier molecular flexibility index (Phi) is 7.66. The number of halogens is 2. The molecule has 4 aromatic rings. The molecule has 0 saturated heterocycles. The maximum Gasteiger partial charge on any atom is 0.263 e. The van der Waals surface area contributed by atoms with Gasteiger partial charge in [0.1, 0.15) is 17.4 Å². The summed E-state index contributed by atoms with van der Waals surface area (Å²) in [6.45, 7) is 0.0850. The van der Waals surface area contributed by atoms with Gasteiger partial charge in [0.2, 0.25) is 11.6 Å². The first-order valence-corrected chi connectivity index (χ1v) is 13.1. The van der Waals surface area contributed by atoms with Crippen LogP contribution in [0.15, 0.2) is 59.0 Å². The summed E-state index contributed by atoms with van der Waals surface area (Å²) >= 11 is -0.358. The lowest BCUT2D eigenvalue weighted by molar-refractivity contribution is 0.0992. The molecule has 0 saturated carbocycles. The van der Waals surface area contributed by atoms with Gasteiger partial charge in [-0.15, -0.1) is 0 Å². The molecule has 12 heteroatoms. The van der Waals surface area contributed by atoms with Crippen molar-refractivity contribution in [3.8, 4) is 11.3 Å². The van der Waals surface area contributed by atoms with Gasteiger partial charge in [0.15, 0.2) is 0 Å². The molecule has 0 bridgehead atoms. The van der Waals surface area contributed by atoms with E-state index in [2.05, 4.69) is 27.6 Å². The number of aromatic nitrogens is 1. The number of anilines is 1. The third-order valence-electron chi connectivity index (χ3n) is 5.48. The van der Waals surface area contributed by atoms with Gasteiger partial charge in [-0.2, -0.15) is 4.98 Å². The molecule has 0 spiro atoms. The smallest absolute Gasteiger partial charge is 0.263 e. The average molecular weight is 622 g/mol. The van der Waals surface area contributed by atoms with Crippen LogP contribution < -0.4 is 15.8 Å². The van der Waals surface area contributed by atoms with Crippen LogP contribution in [0.5, 0.6) is 0 Å². The Labute approximate surface area is 221 Å². The molecule has 0 aliphatic carbocycles. The van der Waals surface area contributed by atoms with Crippen LogP contribution in [0.1, 0.15) is 31.8 Å². The lowest BCUT2D eigenvalue weighted by atomic mass is 10.0. The molecule has 2 aromatic carbocycles. The second kappa shape index (κ2) is 10.7. The van der Waals surface area contributed by atoms with Gasteiger partial charge in [-0.3, -0.25) is 18.4 Å². The lowest BCUT2D eigenvalue weighted by Crippen LogP contribution is -2.29. The van der Waals surface area contributed by atoms with Crippen molar-refractivity contribution in [2.45, 2.75) is 10.8 Å². The quantitative estimate of drug-likeness (QED) is 0.146. The van der Waals surface area contributed by atoms with E-state index in [0.717, 1.165) is 5.56 Å². The Balaban J connectivity index is 1.78. The fraction of sp³-hybridized carbons (Fsp3) is 0.125. The average Bonchev–Trinajstić information content (AvgIpc) is 3.22. The minimum Gasteiger partial charge on any atom is -0.437 e. The summed E-state index contributed by atoms with van der Waals surface area (Å²) in [6.07, 6.45) is 0.319. The van der Waals surface area contributed by atoms with Gasteiger partial charge in [-0.1, -0.05) is 34.7 Å². The van der Waals surface area contributed by atoms with Crippen molar-refractivity contribution in [2.75, 3.05) is 10.8 Å². The summed E-state index contributed by atoms with van der Waals surface area (Å²) < 4.78 is 43.3. The summed E-state index contributed by atoms with van der Waals surface area (Å²) in [4.78, 5) is 28.3. The number of alkyl halides is 1. The maximum absolute atomic E-state index is 13.4. The highest BCUT2D eigenvalue weighted by Crippen LogP contribution is 2.36. The number of carbonyl (C=O) groups is 2. The molecule has 2 amide bonds. The van der Waals surface area contributed by atoms with Crippen molar-refractivity contribution >= 4 is 62.6 Å². The van der Waals surface area contributed by atoms with Crippen LogP contribution in [0.3, 0.4) is 0 Å². The van der Waals surface area contributed by atoms with Crippen molar-refractivity contribution in [1.82, 2.24) is 4.98 Å². The fourth-order valence-corrected chi connectivity index (χ4v) is 4.90. The molecule has 0 aliphatic rings. The summed E-state index contributed by atoms with van der Waals surface area (Å²) in [6, 6.07) is 13.7. The van der Waals surface area contributed by atoms with Gasteiger partial charge < -0.3 is 15.9 Å². The largest absolute Gasteiger partial charge is 0.437 e. The Morgan fingerprint density at radius 1 is 1.11 bits per heavy atom. The van der Waals surface area contributed by atoms with Gasteiger partial charge in [-0.05, 0) is 54.4 Å². The van der Waals surface area contributed by atoms with E-state index in [-0.39, 0.29) is 29.4 Å². The molecule has 9 nitrogen and oxygen atoms in total. The number of nitrogens with zero attached hydrogens (tertiary/aromatic N) is 2. The molecule has 4 rings (SSSR count). The van der Waals surface area contributed by atoms with Crippen molar-refractivity contribution in [3.63, 3.8) is 0 Å². The molecule has 0 fully saturated rings. The first-order chi connectivity index (χ1) is 17.2. The minimum atomic E-state index is -2.44. The normalized spacial score (nSPS) is 12.0. The van der Waals surface area contributed by atoms with Gasteiger partial charge in [0.25, 0.3) is 17.2 Å². The van der Waals surface area contributed by atoms with Gasteiger partial charge in [-0.25, -0.2) is 8.60 Å². The number of benzene rings is 2. The zero-order chi connectivity index (χ0) is 26.0. The van der Waals surface area contributed by atoms with Crippen molar-refractivity contribution in [2.24, 2.45) is 11.5 Å². The molecule has 186 valence electrons. The number of pyridine rings is 1. The summed E-state index contributed by atoms with van der Waals surface area (Å²) in [7, 11) is 0. The van der Waals surface area contributed by atoms with E-state index >= 15 is 0 Å². The Morgan fingerprint density at radius 3 is 2.44 bits per heavy atom. The molecule has 1 atom stereocenters. The highest BCUT2D eigenvalue weighted by Gasteiger charge is 2.26. The van der Waals surface area contributed by atoms with Crippen molar-refractivity contribution < 1.29 is 27.2 Å². The second-order valence-corrected chi connectivity index (χ2v) is 9.45. The predicted molar refractivity (Wildman–Crippen MR) is 142 cm³/mol. The molecule has 0 aliphatic heterocycles. The molecule has 0 radical (unpaired) electrons. The Morgan fingerprint density at radius 2 is 1.83 bits per heavy atom. The van der Waals surface area contributed by atoms with Gasteiger partial charge >= 0.3 is 0 Å². The molecular formula is C24H20FIN4O5S. The molecule has 5 N–H and O–H groups in total. The zero-order valence-electron chi connectivity index (χ0n) is 18.6. The first-order valence-electron chi connectivity index (χ1n) is 10.5. The van der Waals surface area contributed by atoms with Crippen LogP contribution in [0.4, 0.5) is 10.2 Å². The third-order valence-corrected chi connectivity index (χ3v) is 7.03. The van der Waals surface area contributed by atoms with E-state index in [4.69, 9.17) is 15.9 Å². The van der Waals surface area contributed by atoms with Crippen LogP contribution in [0.2, 0.25) is 0 Å². The van der Waals surface area contributed by atoms with Gasteiger partial charge in [0, 0.05) is 27.7 Å². The van der Waals surface area contributed by atoms with Crippen LogP contribution in [0, 0.1) is 5.82 Å². The summed E-state index contributed by atoms with van der Waals surface area (Å²) in [5, 5.41) is 0.343. The fourth-order valence-electron chi connectivity index (χ4n) is 3.79. The number of furan rings is 1. The van der Waals surface area contributed by atoms with E-state index in [1.807, 2.05) is 0 Å². The molecule has 36 heavy (non-hydrogen) atoms. The molecule has 2 heterocycles. The number of carbonyl (C=O) groups excluding carboxylic acids is 2. The van der Waals surface area contributed by atoms with Gasteiger partial charge in [0.05, 0.1) is 10.9 Å². The van der Waals surface area contributed by atoms with E-state index in [1.54, 1.807) is 30.3 Å². The number of hydrogen-bond acceptors (Lipinski definition) is 5. The van der Waals surface area contributed by atoms with Crippen LogP contribution in [-0.2, 0) is 22.1 Å². The zero-order valence-corrected chi connectivity index (χ0v) is 21.6. The number of nitrogens with two attached hydrogens (primary N) is 2. The minimum absolute atomic E-state index is 0.0397. The van der Waals surface area contributed by atoms with Crippen molar-refractivity contribution in [1.29, 1.82) is 0 Å². The number of primary amides is 2. The van der Waals surface area contributed by atoms with E-state index < -0.39 is 28.9 Å². The number of amides is 2. The predicted octanol–water partition coefficient (Wildman–Crippen LogP) is 3.95. The number of hydrogen-bond donors (Lipinski definition) is 3. The highest BCUT2D eigenvalue weighted by molar-refractivity contribution is 14.1. The number of rotatable bonds is 9. The van der Waals surface area contributed by atoms with E-state index in [9.17, 15) is 22.7 Å². The van der Waals surface area contributed by atoms with E-state index in [1.165, 1.54) is 28.6 Å². The molecular weight excluding hydrogens is 602 g/mol. The highest BCUT2D eigenvalue weighted by atomic mass is 127. The SMILES string of the molecule is NC(=O)c1cccc(CCN(c2nc3oc(-c4ccc(F)cc4)c(C(N)=O)c3cc2CI)S(=O)O)c1. The first kappa shape index (κ1) is 25.7. The Hall–Kier alpha value is -3.36. The third kappa shape index (κ3) is 5.24. The number of fused-ring (bicyclic) bond motifs is 1. The standard InChI is InChI=1S/C24H20FIN4O5S/c25-17-6-4-14(5-7-17)20-19(22(28)32)18-11-16(12-26)23(29-24(18)35-20)30(36(33)34)9-8-13-2-1-3-15(10-13)21(27)31/h1-7,10-11H,8-9,12H2,(H2,27,31)(H2,28,32)(H,33,34). The summed E-state index contributed by atoms with van der Waals surface area (Å²) in [5.41, 5.74) is 13.2. The molecule has 2 aromatic heterocycles. The van der Waals surface area contributed by atoms with Crippen molar-refractivity contribution in [3.05, 3.63) is 82.7 Å². The maximum atomic E-state index is 13.4. The topological polar surface area (TPSA) is 153 Å². The lowest BCUT2D eigenvalue weighted by Gasteiger charge is -2.21. The molecule has 1 unspecified atom stereocenters. The second-order valence-electron chi connectivity index (χ2n) is 7.78. The monoisotopic (exact) mass is 622 g/mol. The summed E-state index contributed by atoms with van der Waals surface area (Å²) in [5.74, 6) is -1.45. The van der Waals surface area contributed by atoms with Crippen LogP contribution in [-0.4, -0.2) is 32.1 Å². The Bertz CT molecular complexity index is 1490. The van der Waals surface area contributed by atoms with Crippen LogP contribution in [0.25, 0.3) is 22.4 Å². The van der Waals surface area contributed by atoms with Crippen LogP contribution >= 0.6 is 22.6 Å². The van der Waals surface area contributed by atoms with E-state index in [0.29, 0.717) is 32.9 Å².